The molecular weight excluding hydrogens is 513 g/mol. The fraction of sp³-hybridized carbons (Fsp3) is 0.212. The van der Waals surface area contributed by atoms with Crippen molar-refractivity contribution in [2.24, 2.45) is 9.98 Å². The van der Waals surface area contributed by atoms with Gasteiger partial charge in [-0.1, -0.05) is 90.4 Å². The lowest BCUT2D eigenvalue weighted by Crippen LogP contribution is -2.49. The van der Waals surface area contributed by atoms with E-state index >= 15 is 0 Å². The average Bonchev–Trinajstić information content (AvgIpc) is 3.35. The maximum absolute atomic E-state index is 10.4. The van der Waals surface area contributed by atoms with Crippen LogP contribution in [-0.2, 0) is 4.65 Å². The van der Waals surface area contributed by atoms with Crippen LogP contribution < -0.4 is 10.8 Å². The quantitative estimate of drug-likeness (QED) is 0.243. The summed E-state index contributed by atoms with van der Waals surface area (Å²) in [6.07, 6.45) is -0.264. The maximum atomic E-state index is 10.4. The minimum Gasteiger partial charge on any atom is -0.427 e. The fourth-order valence-corrected chi connectivity index (χ4v) is 5.81. The van der Waals surface area contributed by atoms with Crippen molar-refractivity contribution in [3.63, 3.8) is 0 Å². The van der Waals surface area contributed by atoms with Gasteiger partial charge >= 0.3 is 7.48 Å². The number of hydrogen-bond donors (Lipinski definition) is 2. The Kier molecular flexibility index (Phi) is 6.82. The van der Waals surface area contributed by atoms with Crippen molar-refractivity contribution < 1.29 is 9.76 Å². The topological polar surface area (TPSA) is 66.2 Å². The predicted octanol–water partition coefficient (Wildman–Crippen LogP) is 6.09. The Morgan fingerprint density at radius 2 is 1.52 bits per heavy atom. The van der Waals surface area contributed by atoms with Crippen LogP contribution in [0.15, 0.2) is 107 Å². The number of fused-ring (bicyclic) bond motifs is 3. The van der Waals surface area contributed by atoms with Crippen LogP contribution >= 0.6 is 11.3 Å². The summed E-state index contributed by atoms with van der Waals surface area (Å²) in [4.78, 5) is 10.2. The first-order valence-electron chi connectivity index (χ1n) is 13.5. The van der Waals surface area contributed by atoms with Gasteiger partial charge in [-0.05, 0) is 45.4 Å². The van der Waals surface area contributed by atoms with E-state index in [0.717, 1.165) is 33.8 Å². The summed E-state index contributed by atoms with van der Waals surface area (Å²) in [5.74, 6) is 1.50. The molecule has 5 nitrogen and oxygen atoms in total. The number of aliphatic imine (C=N–C) groups is 2. The first-order chi connectivity index (χ1) is 19.2. The number of thiophene rings is 1. The SMILES string of the molecule is CC(C)(O)C(C)(C)OBc1ccc(C2=NC(c3cccc4sc5ccccc5c34)=NC(c3ccccc3)N2)cc1. The Labute approximate surface area is 239 Å². The Morgan fingerprint density at radius 1 is 0.825 bits per heavy atom. The van der Waals surface area contributed by atoms with E-state index in [1.54, 1.807) is 25.2 Å². The lowest BCUT2D eigenvalue weighted by molar-refractivity contribution is -0.0893. The van der Waals surface area contributed by atoms with E-state index in [-0.39, 0.29) is 6.17 Å². The van der Waals surface area contributed by atoms with Crippen LogP contribution in [0.1, 0.15) is 50.6 Å². The highest BCUT2D eigenvalue weighted by Crippen LogP contribution is 2.37. The molecule has 0 saturated carbocycles. The van der Waals surface area contributed by atoms with Gasteiger partial charge in [0.05, 0.1) is 11.2 Å². The van der Waals surface area contributed by atoms with Crippen LogP contribution in [0.2, 0.25) is 0 Å². The zero-order valence-electron chi connectivity index (χ0n) is 23.2. The lowest BCUT2D eigenvalue weighted by atomic mass is 9.82. The van der Waals surface area contributed by atoms with Crippen LogP contribution in [0.3, 0.4) is 0 Å². The molecule has 0 saturated heterocycles. The van der Waals surface area contributed by atoms with Gasteiger partial charge in [0.2, 0.25) is 0 Å². The van der Waals surface area contributed by atoms with Crippen molar-refractivity contribution in [3.8, 4) is 0 Å². The number of nitrogens with zero attached hydrogens (tertiary/aromatic N) is 2. The predicted molar refractivity (Wildman–Crippen MR) is 169 cm³/mol. The number of amidine groups is 2. The highest BCUT2D eigenvalue weighted by molar-refractivity contribution is 7.25. The summed E-state index contributed by atoms with van der Waals surface area (Å²) in [6.45, 7) is 7.35. The summed E-state index contributed by atoms with van der Waals surface area (Å²) in [5, 5.41) is 16.4. The normalized spacial score (nSPS) is 16.0. The Bertz CT molecular complexity index is 1740. The molecule has 7 heteroatoms. The van der Waals surface area contributed by atoms with Crippen LogP contribution in [0, 0.1) is 0 Å². The van der Waals surface area contributed by atoms with Gasteiger partial charge in [-0.15, -0.1) is 11.3 Å². The van der Waals surface area contributed by atoms with Crippen LogP contribution in [0.25, 0.3) is 20.2 Å². The molecule has 1 aromatic heterocycles. The van der Waals surface area contributed by atoms with Crippen molar-refractivity contribution in [1.82, 2.24) is 5.32 Å². The standard InChI is InChI=1S/C33H32BN3O2S/c1-32(2,38)33(3,4)39-34-23-19-17-22(18-20-23)30-35-29(21-11-6-5-7-12-21)36-31(37-30)25-14-10-16-27-28(25)24-13-8-9-15-26(24)40-27/h5-20,29,34,38H,1-4H3,(H,35,36,37). The Hall–Kier alpha value is -3.78. The second-order valence-electron chi connectivity index (χ2n) is 11.2. The molecule has 0 fully saturated rings. The van der Waals surface area contributed by atoms with Crippen LogP contribution in [0.4, 0.5) is 0 Å². The second-order valence-corrected chi connectivity index (χ2v) is 12.3. The highest BCUT2D eigenvalue weighted by atomic mass is 32.1. The third-order valence-electron chi connectivity index (χ3n) is 7.80. The van der Waals surface area contributed by atoms with Crippen molar-refractivity contribution in [2.75, 3.05) is 0 Å². The van der Waals surface area contributed by atoms with E-state index in [1.165, 1.54) is 20.2 Å². The summed E-state index contributed by atoms with van der Waals surface area (Å²) < 4.78 is 8.56. The van der Waals surface area contributed by atoms with Gasteiger partial charge in [-0.25, -0.2) is 9.98 Å². The van der Waals surface area contributed by atoms with Crippen molar-refractivity contribution in [2.45, 2.75) is 45.1 Å². The van der Waals surface area contributed by atoms with Gasteiger partial charge in [0.15, 0.2) is 5.84 Å². The molecule has 1 aliphatic heterocycles. The van der Waals surface area contributed by atoms with Gasteiger partial charge in [0.1, 0.15) is 12.0 Å². The van der Waals surface area contributed by atoms with E-state index in [0.29, 0.717) is 7.48 Å². The zero-order chi connectivity index (χ0) is 27.9. The van der Waals surface area contributed by atoms with Gasteiger partial charge in [-0.3, -0.25) is 0 Å². The number of benzene rings is 4. The molecule has 0 spiro atoms. The fourth-order valence-electron chi connectivity index (χ4n) is 4.68. The molecule has 200 valence electrons. The van der Waals surface area contributed by atoms with E-state index < -0.39 is 11.2 Å². The molecule has 1 atom stereocenters. The molecule has 2 heterocycles. The molecule has 40 heavy (non-hydrogen) atoms. The van der Waals surface area contributed by atoms with E-state index in [1.807, 2.05) is 32.0 Å². The first kappa shape index (κ1) is 26.4. The molecule has 1 unspecified atom stereocenters. The third kappa shape index (κ3) is 5.08. The van der Waals surface area contributed by atoms with E-state index in [4.69, 9.17) is 14.6 Å². The maximum Gasteiger partial charge on any atom is 0.309 e. The minimum atomic E-state index is -0.952. The second kappa shape index (κ2) is 10.3. The Balaban J connectivity index is 1.38. The van der Waals surface area contributed by atoms with Crippen molar-refractivity contribution in [1.29, 1.82) is 0 Å². The van der Waals surface area contributed by atoms with Crippen molar-refractivity contribution >= 4 is 56.1 Å². The van der Waals surface area contributed by atoms with Crippen molar-refractivity contribution in [3.05, 3.63) is 114 Å². The molecule has 2 N–H and O–H groups in total. The van der Waals surface area contributed by atoms with Gasteiger partial charge in [0, 0.05) is 31.3 Å². The highest BCUT2D eigenvalue weighted by Gasteiger charge is 2.35. The molecular formula is C33H32BN3O2S. The summed E-state index contributed by atoms with van der Waals surface area (Å²) >= 11 is 1.80. The number of aliphatic hydroxyl groups is 1. The minimum absolute atomic E-state index is 0.264. The molecule has 5 aromatic rings. The molecule has 1 aliphatic rings. The summed E-state index contributed by atoms with van der Waals surface area (Å²) in [5.41, 5.74) is 2.48. The Morgan fingerprint density at radius 3 is 2.27 bits per heavy atom. The van der Waals surface area contributed by atoms with Gasteiger partial charge < -0.3 is 15.1 Å². The number of hydrogen-bond acceptors (Lipinski definition) is 6. The van der Waals surface area contributed by atoms with E-state index in [9.17, 15) is 5.11 Å². The zero-order valence-corrected chi connectivity index (χ0v) is 24.0. The molecule has 0 aliphatic carbocycles. The molecule has 0 radical (unpaired) electrons. The lowest BCUT2D eigenvalue weighted by Gasteiger charge is -2.37. The van der Waals surface area contributed by atoms with E-state index in [2.05, 4.69) is 84.2 Å². The smallest absolute Gasteiger partial charge is 0.309 e. The summed E-state index contributed by atoms with van der Waals surface area (Å²) in [6, 6.07) is 33.4. The average molecular weight is 546 g/mol. The third-order valence-corrected chi connectivity index (χ3v) is 8.94. The summed E-state index contributed by atoms with van der Waals surface area (Å²) in [7, 11) is 0.406. The van der Waals surface area contributed by atoms with Crippen LogP contribution in [-0.4, -0.2) is 35.5 Å². The molecule has 0 bridgehead atoms. The van der Waals surface area contributed by atoms with Gasteiger partial charge in [0.25, 0.3) is 0 Å². The largest absolute Gasteiger partial charge is 0.427 e. The number of rotatable bonds is 7. The molecule has 0 amide bonds. The first-order valence-corrected chi connectivity index (χ1v) is 14.4. The van der Waals surface area contributed by atoms with Gasteiger partial charge in [-0.2, -0.15) is 0 Å². The van der Waals surface area contributed by atoms with Crippen LogP contribution in [0.5, 0.6) is 0 Å². The number of nitrogens with one attached hydrogen (secondary N) is 1. The monoisotopic (exact) mass is 545 g/mol. The molecule has 4 aromatic carbocycles. The molecule has 6 rings (SSSR count).